The van der Waals surface area contributed by atoms with Crippen LogP contribution in [0.1, 0.15) is 0 Å². The molecule has 11 rings (SSSR count). The van der Waals surface area contributed by atoms with Crippen molar-refractivity contribution in [2.45, 2.75) is 0 Å². The number of para-hydroxylation sites is 2. The lowest BCUT2D eigenvalue weighted by molar-refractivity contribution is 1.15. The highest BCUT2D eigenvalue weighted by Gasteiger charge is 2.19. The second kappa shape index (κ2) is 13.0. The van der Waals surface area contributed by atoms with Crippen LogP contribution in [0.25, 0.3) is 100 Å². The van der Waals surface area contributed by atoms with Crippen molar-refractivity contribution >= 4 is 43.7 Å². The quantitative estimate of drug-likeness (QED) is 0.172. The average Bonchev–Trinajstić information content (AvgIpc) is 3.80. The van der Waals surface area contributed by atoms with Crippen molar-refractivity contribution in [3.63, 3.8) is 0 Å². The number of nitrogens with zero attached hydrogens (tertiary/aromatic N) is 5. The minimum atomic E-state index is 0.674. The average molecular weight is 716 g/mol. The van der Waals surface area contributed by atoms with Gasteiger partial charge in [-0.3, -0.25) is 4.98 Å². The van der Waals surface area contributed by atoms with Gasteiger partial charge in [-0.2, -0.15) is 0 Å². The first-order valence-electron chi connectivity index (χ1n) is 18.9. The van der Waals surface area contributed by atoms with E-state index in [9.17, 15) is 0 Å². The normalized spacial score (nSPS) is 11.6. The molecule has 11 aromatic rings. The molecule has 0 atom stereocenters. The molecule has 0 unspecified atom stereocenters. The van der Waals surface area contributed by atoms with Crippen LogP contribution in [0.3, 0.4) is 0 Å². The summed E-state index contributed by atoms with van der Waals surface area (Å²) in [5.74, 6) is 0.674. The lowest BCUT2D eigenvalue weighted by atomic mass is 9.98. The van der Waals surface area contributed by atoms with E-state index in [2.05, 4.69) is 161 Å². The Bertz CT molecular complexity index is 3180. The van der Waals surface area contributed by atoms with Crippen LogP contribution in [0.4, 0.5) is 0 Å². The molecule has 0 fully saturated rings. The Labute approximate surface area is 323 Å². The third-order valence-electron chi connectivity index (χ3n) is 10.8. The number of aromatic nitrogens is 5. The van der Waals surface area contributed by atoms with Gasteiger partial charge >= 0.3 is 0 Å². The number of hydrogen-bond acceptors (Lipinski definition) is 3. The maximum Gasteiger partial charge on any atom is 0.160 e. The monoisotopic (exact) mass is 715 g/mol. The van der Waals surface area contributed by atoms with E-state index in [4.69, 9.17) is 15.0 Å². The maximum absolute atomic E-state index is 5.14. The van der Waals surface area contributed by atoms with Crippen molar-refractivity contribution in [2.24, 2.45) is 0 Å². The third-order valence-corrected chi connectivity index (χ3v) is 10.8. The van der Waals surface area contributed by atoms with Gasteiger partial charge in [0.15, 0.2) is 5.82 Å². The van der Waals surface area contributed by atoms with Crippen LogP contribution < -0.4 is 0 Å². The number of pyridine rings is 1. The fourth-order valence-corrected chi connectivity index (χ4v) is 8.27. The smallest absolute Gasteiger partial charge is 0.160 e. The van der Waals surface area contributed by atoms with E-state index in [-0.39, 0.29) is 0 Å². The Balaban J connectivity index is 1.11. The van der Waals surface area contributed by atoms with Crippen LogP contribution in [0.15, 0.2) is 200 Å². The fourth-order valence-electron chi connectivity index (χ4n) is 8.27. The third kappa shape index (κ3) is 5.21. The number of fused-ring (bicyclic) bond motifs is 6. The zero-order valence-electron chi connectivity index (χ0n) is 30.3. The highest BCUT2D eigenvalue weighted by molar-refractivity contribution is 6.17. The van der Waals surface area contributed by atoms with Crippen molar-refractivity contribution in [3.8, 4) is 56.4 Å². The molecule has 0 amide bonds. The molecule has 0 aliphatic rings. The summed E-state index contributed by atoms with van der Waals surface area (Å²) in [5, 5.41) is 3.56. The summed E-state index contributed by atoms with van der Waals surface area (Å²) < 4.78 is 4.70. The maximum atomic E-state index is 5.14. The largest absolute Gasteiger partial charge is 0.309 e. The van der Waals surface area contributed by atoms with E-state index in [1.807, 2.05) is 48.7 Å². The van der Waals surface area contributed by atoms with E-state index in [0.29, 0.717) is 5.82 Å². The summed E-state index contributed by atoms with van der Waals surface area (Å²) in [6.07, 6.45) is 1.88. The zero-order chi connectivity index (χ0) is 37.0. The molecule has 0 aliphatic carbocycles. The van der Waals surface area contributed by atoms with E-state index < -0.39 is 0 Å². The van der Waals surface area contributed by atoms with Crippen molar-refractivity contribution in [1.82, 2.24) is 24.1 Å². The molecule has 0 saturated carbocycles. The molecule has 0 N–H and O–H groups in total. The summed E-state index contributed by atoms with van der Waals surface area (Å²) >= 11 is 0. The highest BCUT2D eigenvalue weighted by Crippen LogP contribution is 2.41. The summed E-state index contributed by atoms with van der Waals surface area (Å²) in [5.41, 5.74) is 14.7. The van der Waals surface area contributed by atoms with Gasteiger partial charge in [0.05, 0.1) is 39.0 Å². The molecule has 0 bridgehead atoms. The summed E-state index contributed by atoms with van der Waals surface area (Å²) in [6.45, 7) is 0. The van der Waals surface area contributed by atoms with Gasteiger partial charge in [-0.15, -0.1) is 0 Å². The first-order chi connectivity index (χ1) is 27.8. The van der Waals surface area contributed by atoms with Crippen molar-refractivity contribution in [1.29, 1.82) is 0 Å². The Kier molecular flexibility index (Phi) is 7.42. The van der Waals surface area contributed by atoms with Crippen molar-refractivity contribution < 1.29 is 0 Å². The van der Waals surface area contributed by atoms with E-state index in [0.717, 1.165) is 67.0 Å². The Hall–Kier alpha value is -7.63. The Morgan fingerprint density at radius 1 is 0.357 bits per heavy atom. The molecule has 0 saturated heterocycles. The predicted octanol–water partition coefficient (Wildman–Crippen LogP) is 12.7. The lowest BCUT2D eigenvalue weighted by Crippen LogP contribution is -1.98. The van der Waals surface area contributed by atoms with Crippen LogP contribution in [-0.2, 0) is 0 Å². The molecule has 4 heterocycles. The minimum absolute atomic E-state index is 0.674. The first-order valence-corrected chi connectivity index (χ1v) is 18.9. The molecule has 7 aromatic carbocycles. The molecule has 4 aromatic heterocycles. The topological polar surface area (TPSA) is 48.5 Å². The van der Waals surface area contributed by atoms with Gasteiger partial charge in [-0.1, -0.05) is 127 Å². The number of benzene rings is 7. The molecule has 0 spiro atoms. The lowest BCUT2D eigenvalue weighted by Gasteiger charge is -2.13. The van der Waals surface area contributed by atoms with Gasteiger partial charge in [0.25, 0.3) is 0 Å². The fraction of sp³-hybridized carbons (Fsp3) is 0. The molecular weight excluding hydrogens is 683 g/mol. The Morgan fingerprint density at radius 3 is 1.73 bits per heavy atom. The van der Waals surface area contributed by atoms with E-state index in [1.165, 1.54) is 27.4 Å². The standard InChI is InChI=1S/C51H33N5/c1-4-15-34(16-5-1)43-33-44(35-17-6-2-7-18-35)54-51(53-43)37-19-12-22-39(31-37)56-47-27-14-30-52-50(47)42-29-28-36(32-48(42)56)40-24-13-26-46-49(40)41-23-10-11-25-45(41)55(46)38-20-8-3-9-21-38/h1-33H. The van der Waals surface area contributed by atoms with Crippen LogP contribution in [-0.4, -0.2) is 24.1 Å². The molecular formula is C51H33N5. The van der Waals surface area contributed by atoms with Gasteiger partial charge < -0.3 is 9.13 Å². The van der Waals surface area contributed by atoms with E-state index >= 15 is 0 Å². The highest BCUT2D eigenvalue weighted by atomic mass is 15.0. The summed E-state index contributed by atoms with van der Waals surface area (Å²) in [4.78, 5) is 15.2. The van der Waals surface area contributed by atoms with Gasteiger partial charge in [0.2, 0.25) is 0 Å². The van der Waals surface area contributed by atoms with Gasteiger partial charge in [-0.05, 0) is 77.9 Å². The summed E-state index contributed by atoms with van der Waals surface area (Å²) in [6, 6.07) is 68.2. The van der Waals surface area contributed by atoms with Crippen molar-refractivity contribution in [2.75, 3.05) is 0 Å². The first kappa shape index (κ1) is 31.9. The SMILES string of the molecule is c1ccc(-c2cc(-c3ccccc3)nc(-c3cccc(-n4c5cc(-c6cccc7c6c6ccccc6n7-c6ccccc6)ccc5c5ncccc54)c3)n2)cc1. The molecule has 0 radical (unpaired) electrons. The summed E-state index contributed by atoms with van der Waals surface area (Å²) in [7, 11) is 0. The van der Waals surface area contributed by atoms with Crippen molar-refractivity contribution in [3.05, 3.63) is 200 Å². The van der Waals surface area contributed by atoms with Crippen LogP contribution in [0.2, 0.25) is 0 Å². The van der Waals surface area contributed by atoms with Gasteiger partial charge in [-0.25, -0.2) is 9.97 Å². The van der Waals surface area contributed by atoms with Gasteiger partial charge in [0, 0.05) is 50.4 Å². The molecule has 5 heteroatoms. The Morgan fingerprint density at radius 2 is 0.964 bits per heavy atom. The van der Waals surface area contributed by atoms with Gasteiger partial charge in [0.1, 0.15) is 0 Å². The molecule has 56 heavy (non-hydrogen) atoms. The minimum Gasteiger partial charge on any atom is -0.309 e. The molecule has 262 valence electrons. The van der Waals surface area contributed by atoms with Crippen LogP contribution >= 0.6 is 0 Å². The molecule has 5 nitrogen and oxygen atoms in total. The predicted molar refractivity (Wildman–Crippen MR) is 230 cm³/mol. The second-order valence-corrected chi connectivity index (χ2v) is 14.1. The van der Waals surface area contributed by atoms with E-state index in [1.54, 1.807) is 0 Å². The second-order valence-electron chi connectivity index (χ2n) is 14.1. The number of hydrogen-bond donors (Lipinski definition) is 0. The molecule has 0 aliphatic heterocycles. The zero-order valence-corrected chi connectivity index (χ0v) is 30.3. The number of rotatable bonds is 6. The van der Waals surface area contributed by atoms with Crippen LogP contribution in [0.5, 0.6) is 0 Å². The van der Waals surface area contributed by atoms with Crippen LogP contribution in [0, 0.1) is 0 Å².